The summed E-state index contributed by atoms with van der Waals surface area (Å²) in [6, 6.07) is 0. The van der Waals surface area contributed by atoms with E-state index in [4.69, 9.17) is 4.74 Å². The Morgan fingerprint density at radius 2 is 2.03 bits per heavy atom. The first kappa shape index (κ1) is 24.6. The van der Waals surface area contributed by atoms with Crippen molar-refractivity contribution in [1.82, 2.24) is 4.98 Å². The Hall–Kier alpha value is -2.07. The third kappa shape index (κ3) is 3.04. The van der Waals surface area contributed by atoms with Gasteiger partial charge in [-0.3, -0.25) is 9.69 Å². The maximum absolute atomic E-state index is 14.3. The molecule has 0 radical (unpaired) electrons. The Labute approximate surface area is 209 Å². The first-order valence-electron chi connectivity index (χ1n) is 12.1. The van der Waals surface area contributed by atoms with Gasteiger partial charge in [0.2, 0.25) is 0 Å². The molecule has 9 heteroatoms. The van der Waals surface area contributed by atoms with Gasteiger partial charge in [-0.05, 0) is 54.6 Å². The Bertz CT molecular complexity index is 1160. The van der Waals surface area contributed by atoms with Crippen molar-refractivity contribution in [1.29, 1.82) is 0 Å². The number of Topliss-reactive ketones (excluding diaryl/α,β-unsaturated/α-hetero) is 1. The van der Waals surface area contributed by atoms with E-state index in [2.05, 4.69) is 18.8 Å². The second-order valence-corrected chi connectivity index (χ2v) is 12.3. The summed E-state index contributed by atoms with van der Waals surface area (Å²) < 4.78 is 5.86. The molecule has 8 nitrogen and oxygen atoms in total. The predicted octanol–water partition coefficient (Wildman–Crippen LogP) is 2.86. The van der Waals surface area contributed by atoms with E-state index in [0.29, 0.717) is 17.1 Å². The first-order valence-corrected chi connectivity index (χ1v) is 13.0. The lowest BCUT2D eigenvalue weighted by molar-refractivity contribution is -0.189. The number of hydrogen-bond acceptors (Lipinski definition) is 8. The number of amides is 1. The van der Waals surface area contributed by atoms with Gasteiger partial charge in [0.15, 0.2) is 22.6 Å². The standard InChI is InChI=1S/C26H34N2O6S/c1-12-9-25-13(2)7-17-18(24(17,4)5)16(20(25)31)8-15(10-29)19(30)26(25,33)21(12)34-23(32)28(6)22-27-14(3)11-35-22/h8-9,11,13,16-19,21,29-30,33H,7,10H2,1-6H3/t13-,16+,17-,18+,19-,21+,25+,26+/m1/s1. The second kappa shape index (κ2) is 7.71. The maximum atomic E-state index is 14.3. The van der Waals surface area contributed by atoms with E-state index in [1.165, 1.54) is 23.3 Å². The minimum Gasteiger partial charge on any atom is -0.438 e. The molecule has 0 unspecified atom stereocenters. The third-order valence-corrected chi connectivity index (χ3v) is 10.3. The van der Waals surface area contributed by atoms with E-state index in [1.807, 2.05) is 19.2 Å². The molecule has 4 aliphatic rings. The lowest BCUT2D eigenvalue weighted by Crippen LogP contribution is -2.66. The van der Waals surface area contributed by atoms with Crippen molar-refractivity contribution in [2.45, 2.75) is 58.8 Å². The highest BCUT2D eigenvalue weighted by molar-refractivity contribution is 7.13. The molecule has 1 aromatic rings. The zero-order valence-corrected chi connectivity index (χ0v) is 21.8. The highest BCUT2D eigenvalue weighted by Gasteiger charge is 2.76. The van der Waals surface area contributed by atoms with Crippen LogP contribution in [0.4, 0.5) is 9.93 Å². The predicted molar refractivity (Wildman–Crippen MR) is 131 cm³/mol. The van der Waals surface area contributed by atoms with E-state index < -0.39 is 41.8 Å². The summed E-state index contributed by atoms with van der Waals surface area (Å²) in [5, 5.41) is 36.4. The molecular formula is C26H34N2O6S. The van der Waals surface area contributed by atoms with Crippen molar-refractivity contribution in [2.24, 2.45) is 34.5 Å². The molecule has 35 heavy (non-hydrogen) atoms. The maximum Gasteiger partial charge on any atom is 0.416 e. The van der Waals surface area contributed by atoms with Crippen LogP contribution < -0.4 is 4.90 Å². The van der Waals surface area contributed by atoms with Gasteiger partial charge < -0.3 is 20.1 Å². The second-order valence-electron chi connectivity index (χ2n) is 11.5. The Morgan fingerprint density at radius 3 is 2.63 bits per heavy atom. The van der Waals surface area contributed by atoms with Crippen LogP contribution in [0.5, 0.6) is 0 Å². The molecule has 2 bridgehead atoms. The summed E-state index contributed by atoms with van der Waals surface area (Å²) in [5.41, 5.74) is -2.17. The highest BCUT2D eigenvalue weighted by atomic mass is 32.1. The number of nitrogens with zero attached hydrogens (tertiary/aromatic N) is 2. The minimum absolute atomic E-state index is 0.0432. The van der Waals surface area contributed by atoms with E-state index in [0.717, 1.165) is 5.69 Å². The summed E-state index contributed by atoms with van der Waals surface area (Å²) in [4.78, 5) is 33.1. The van der Waals surface area contributed by atoms with E-state index >= 15 is 0 Å². The molecule has 2 saturated carbocycles. The van der Waals surface area contributed by atoms with Crippen LogP contribution in [0.1, 0.15) is 39.8 Å². The molecule has 0 aromatic carbocycles. The number of allylic oxidation sites excluding steroid dienone is 1. The molecule has 1 amide bonds. The summed E-state index contributed by atoms with van der Waals surface area (Å²) in [5.74, 6) is -0.655. The number of ketones is 1. The monoisotopic (exact) mass is 502 g/mol. The van der Waals surface area contributed by atoms with Crippen molar-refractivity contribution in [3.8, 4) is 0 Å². The lowest BCUT2D eigenvalue weighted by atomic mass is 9.59. The number of fused-ring (bicyclic) bond motifs is 3. The highest BCUT2D eigenvalue weighted by Crippen LogP contribution is 2.71. The number of carbonyl (C=O) groups is 2. The smallest absolute Gasteiger partial charge is 0.416 e. The van der Waals surface area contributed by atoms with Gasteiger partial charge in [-0.1, -0.05) is 32.9 Å². The Balaban J connectivity index is 1.59. The van der Waals surface area contributed by atoms with E-state index in [1.54, 1.807) is 19.1 Å². The Morgan fingerprint density at radius 1 is 1.34 bits per heavy atom. The molecule has 2 fully saturated rings. The summed E-state index contributed by atoms with van der Waals surface area (Å²) in [7, 11) is 1.53. The number of hydrogen-bond donors (Lipinski definition) is 3. The summed E-state index contributed by atoms with van der Waals surface area (Å²) >= 11 is 1.29. The zero-order chi connectivity index (χ0) is 25.7. The SMILES string of the molecule is CC1=C[C@]23C(=O)[C@@H](C=C(CO)[C@@H](O)[C@]2(O)[C@H]1OC(=O)N(C)c1nc(C)cs1)[C@H]1[C@@H](C[C@H]3C)C1(C)C. The Kier molecular flexibility index (Phi) is 5.43. The van der Waals surface area contributed by atoms with Crippen LogP contribution in [0.25, 0.3) is 0 Å². The number of ether oxygens (including phenoxy) is 1. The average molecular weight is 503 g/mol. The normalized spacial score (nSPS) is 41.1. The molecule has 190 valence electrons. The largest absolute Gasteiger partial charge is 0.438 e. The summed E-state index contributed by atoms with van der Waals surface area (Å²) in [6.45, 7) is 9.26. The molecular weight excluding hydrogens is 468 g/mol. The van der Waals surface area contributed by atoms with Crippen LogP contribution in [0.2, 0.25) is 0 Å². The molecule has 1 heterocycles. The molecule has 5 rings (SSSR count). The van der Waals surface area contributed by atoms with Crippen molar-refractivity contribution >= 4 is 28.3 Å². The van der Waals surface area contributed by atoms with E-state index in [-0.39, 0.29) is 34.5 Å². The molecule has 1 spiro atoms. The number of thiazole rings is 1. The number of aryl methyl sites for hydroxylation is 1. The molecule has 4 aliphatic carbocycles. The molecule has 3 N–H and O–H groups in total. The van der Waals surface area contributed by atoms with Gasteiger partial charge in [0.05, 0.1) is 17.7 Å². The number of aliphatic hydroxyl groups excluding tert-OH is 2. The molecule has 1 aromatic heterocycles. The molecule has 8 atom stereocenters. The third-order valence-electron chi connectivity index (χ3n) is 9.28. The van der Waals surface area contributed by atoms with E-state index in [9.17, 15) is 24.9 Å². The fourth-order valence-electron chi connectivity index (χ4n) is 7.35. The van der Waals surface area contributed by atoms with Gasteiger partial charge in [-0.2, -0.15) is 0 Å². The zero-order valence-electron chi connectivity index (χ0n) is 21.0. The van der Waals surface area contributed by atoms with Crippen LogP contribution in [0.3, 0.4) is 0 Å². The number of aromatic nitrogens is 1. The van der Waals surface area contributed by atoms with Gasteiger partial charge >= 0.3 is 6.09 Å². The van der Waals surface area contributed by atoms with Crippen LogP contribution in [-0.4, -0.2) is 63.6 Å². The summed E-state index contributed by atoms with van der Waals surface area (Å²) in [6.07, 6.45) is 0.510. The number of rotatable bonds is 3. The minimum atomic E-state index is -2.15. The van der Waals surface area contributed by atoms with Gasteiger partial charge in [-0.25, -0.2) is 9.78 Å². The number of aliphatic hydroxyl groups is 3. The van der Waals surface area contributed by atoms with Crippen molar-refractivity contribution < 1.29 is 29.6 Å². The van der Waals surface area contributed by atoms with Gasteiger partial charge in [0, 0.05) is 18.3 Å². The van der Waals surface area contributed by atoms with Gasteiger partial charge in [0.25, 0.3) is 0 Å². The number of carbonyl (C=O) groups excluding carboxylic acids is 2. The van der Waals surface area contributed by atoms with Crippen LogP contribution in [0, 0.1) is 41.4 Å². The lowest BCUT2D eigenvalue weighted by Gasteiger charge is -2.48. The van der Waals surface area contributed by atoms with Gasteiger partial charge in [-0.15, -0.1) is 11.3 Å². The van der Waals surface area contributed by atoms with Crippen molar-refractivity contribution in [3.63, 3.8) is 0 Å². The quantitative estimate of drug-likeness (QED) is 0.544. The van der Waals surface area contributed by atoms with Crippen LogP contribution >= 0.6 is 11.3 Å². The topological polar surface area (TPSA) is 120 Å². The van der Waals surface area contributed by atoms with Crippen molar-refractivity contribution in [2.75, 3.05) is 18.6 Å². The van der Waals surface area contributed by atoms with Crippen LogP contribution in [-0.2, 0) is 9.53 Å². The van der Waals surface area contributed by atoms with Crippen molar-refractivity contribution in [3.05, 3.63) is 34.4 Å². The van der Waals surface area contributed by atoms with Gasteiger partial charge in [0.1, 0.15) is 6.10 Å². The molecule has 0 saturated heterocycles. The fourth-order valence-corrected chi connectivity index (χ4v) is 8.11. The average Bonchev–Trinajstić information content (AvgIpc) is 3.07. The van der Waals surface area contributed by atoms with Crippen LogP contribution in [0.15, 0.2) is 28.7 Å². The molecule has 0 aliphatic heterocycles. The number of anilines is 1. The fraction of sp³-hybridized carbons (Fsp3) is 0.654. The first-order chi connectivity index (χ1) is 16.3.